The highest BCUT2D eigenvalue weighted by Gasteiger charge is 2.59. The molecule has 3 fully saturated rings. The third-order valence-corrected chi connectivity index (χ3v) is 7.46. The molecule has 0 spiro atoms. The molecule has 20 nitrogen and oxygen atoms in total. The summed E-state index contributed by atoms with van der Waals surface area (Å²) >= 11 is 0. The van der Waals surface area contributed by atoms with Crippen molar-refractivity contribution in [2.75, 3.05) is 19.8 Å². The Morgan fingerprint density at radius 2 is 1.53 bits per heavy atom. The quantitative estimate of drug-likeness (QED) is 0.100. The van der Waals surface area contributed by atoms with E-state index in [-0.39, 0.29) is 0 Å². The number of carboxylic acid groups (broad SMARTS) is 1. The molecule has 3 rings (SSSR count). The molecule has 20 heteroatoms. The van der Waals surface area contributed by atoms with Crippen LogP contribution in [0.15, 0.2) is 0 Å². The van der Waals surface area contributed by atoms with E-state index in [1.807, 2.05) is 0 Å². The zero-order valence-electron chi connectivity index (χ0n) is 22.7. The second-order valence-corrected chi connectivity index (χ2v) is 10.5. The lowest BCUT2D eigenvalue weighted by Gasteiger charge is -2.50. The van der Waals surface area contributed by atoms with Gasteiger partial charge in [-0.1, -0.05) is 0 Å². The predicted molar refractivity (Wildman–Crippen MR) is 130 cm³/mol. The fraction of sp³-hybridized carbons (Fsp3) is 0.913. The van der Waals surface area contributed by atoms with E-state index < -0.39 is 136 Å². The molecule has 0 aromatic heterocycles. The fourth-order valence-corrected chi connectivity index (χ4v) is 5.14. The summed E-state index contributed by atoms with van der Waals surface area (Å²) in [6.07, 6.45) is -27.9. The molecule has 0 saturated carbocycles. The van der Waals surface area contributed by atoms with E-state index >= 15 is 0 Å². The second kappa shape index (κ2) is 14.6. The van der Waals surface area contributed by atoms with Crippen LogP contribution in [-0.2, 0) is 33.3 Å². The summed E-state index contributed by atoms with van der Waals surface area (Å²) in [4.78, 5) is 24.0. The largest absolute Gasteiger partial charge is 0.477 e. The molecular formula is C23H39NO19. The summed E-state index contributed by atoms with van der Waals surface area (Å²) in [7, 11) is 0. The molecule has 0 aromatic rings. The third kappa shape index (κ3) is 7.41. The first-order chi connectivity index (χ1) is 20.1. The summed E-state index contributed by atoms with van der Waals surface area (Å²) in [6.45, 7) is -1.81. The van der Waals surface area contributed by atoms with Crippen molar-refractivity contribution in [1.82, 2.24) is 5.32 Å². The highest BCUT2D eigenvalue weighted by atomic mass is 16.8. The number of ether oxygens (including phenoxy) is 5. The minimum atomic E-state index is -3.03. The Bertz CT molecular complexity index is 944. The maximum absolute atomic E-state index is 12.4. The lowest BCUT2D eigenvalue weighted by Crippen LogP contribution is -2.69. The standard InChI is InChI=1S/C23H39NO19/c1-6(28)24-11-15(34)17(10(5-27)39-20(11)36)41-21-16(35)19(14(33)9(4-26)40-21)43-23(22(37)38)2-7(29)12(31)18(42-23)13(32)8(30)3-25/h7-21,25-27,29-36H,2-5H2,1H3,(H,24,28)(H,37,38)/t7-,8+,9+,10+,11+,12+,13+,14-,15+,16+,17+,18+,19-,20+,21-,23-/m0/s1. The lowest BCUT2D eigenvalue weighted by molar-refractivity contribution is -0.386. The zero-order chi connectivity index (χ0) is 32.4. The molecule has 3 aliphatic heterocycles. The van der Waals surface area contributed by atoms with Crippen molar-refractivity contribution in [3.8, 4) is 0 Å². The maximum atomic E-state index is 12.4. The number of aliphatic hydroxyl groups excluding tert-OH is 11. The van der Waals surface area contributed by atoms with Crippen molar-refractivity contribution in [2.24, 2.45) is 0 Å². The van der Waals surface area contributed by atoms with Gasteiger partial charge in [0.25, 0.3) is 5.79 Å². The van der Waals surface area contributed by atoms with Gasteiger partial charge in [0, 0.05) is 13.3 Å². The van der Waals surface area contributed by atoms with Crippen LogP contribution >= 0.6 is 0 Å². The van der Waals surface area contributed by atoms with Crippen molar-refractivity contribution in [3.63, 3.8) is 0 Å². The van der Waals surface area contributed by atoms with Gasteiger partial charge in [0.2, 0.25) is 5.91 Å². The average Bonchev–Trinajstić information content (AvgIpc) is 2.96. The van der Waals surface area contributed by atoms with Crippen LogP contribution < -0.4 is 5.32 Å². The minimum Gasteiger partial charge on any atom is -0.477 e. The molecule has 0 aliphatic carbocycles. The Hall–Kier alpha value is -1.70. The highest BCUT2D eigenvalue weighted by molar-refractivity contribution is 5.76. The van der Waals surface area contributed by atoms with E-state index in [9.17, 15) is 65.8 Å². The molecule has 16 atom stereocenters. The summed E-state index contributed by atoms with van der Waals surface area (Å²) in [5.41, 5.74) is 0. The number of carbonyl (C=O) groups excluding carboxylic acids is 1. The average molecular weight is 634 g/mol. The van der Waals surface area contributed by atoms with Crippen LogP contribution in [0.4, 0.5) is 0 Å². The van der Waals surface area contributed by atoms with Crippen LogP contribution in [0.25, 0.3) is 0 Å². The van der Waals surface area contributed by atoms with Crippen molar-refractivity contribution >= 4 is 11.9 Å². The number of amides is 1. The summed E-state index contributed by atoms with van der Waals surface area (Å²) in [6, 6.07) is -1.49. The second-order valence-electron chi connectivity index (χ2n) is 10.5. The van der Waals surface area contributed by atoms with Gasteiger partial charge in [0.1, 0.15) is 73.2 Å². The fourth-order valence-electron chi connectivity index (χ4n) is 5.14. The molecule has 0 radical (unpaired) electrons. The number of aliphatic hydroxyl groups is 11. The normalized spacial score (nSPS) is 45.3. The molecule has 3 saturated heterocycles. The summed E-state index contributed by atoms with van der Waals surface area (Å²) in [5.74, 6) is -5.70. The van der Waals surface area contributed by atoms with Gasteiger partial charge in [-0.05, 0) is 0 Å². The monoisotopic (exact) mass is 633 g/mol. The van der Waals surface area contributed by atoms with Crippen LogP contribution in [0, 0.1) is 0 Å². The van der Waals surface area contributed by atoms with Crippen molar-refractivity contribution in [1.29, 1.82) is 0 Å². The van der Waals surface area contributed by atoms with E-state index in [4.69, 9.17) is 28.8 Å². The third-order valence-electron chi connectivity index (χ3n) is 7.46. The van der Waals surface area contributed by atoms with Crippen LogP contribution in [0.3, 0.4) is 0 Å². The number of hydrogen-bond donors (Lipinski definition) is 13. The molecule has 0 aromatic carbocycles. The summed E-state index contributed by atoms with van der Waals surface area (Å²) < 4.78 is 26.9. The number of rotatable bonds is 11. The Morgan fingerprint density at radius 3 is 2.07 bits per heavy atom. The van der Waals surface area contributed by atoms with Gasteiger partial charge >= 0.3 is 5.97 Å². The van der Waals surface area contributed by atoms with Crippen LogP contribution in [0.1, 0.15) is 13.3 Å². The van der Waals surface area contributed by atoms with E-state index in [1.165, 1.54) is 0 Å². The van der Waals surface area contributed by atoms with Crippen LogP contribution in [0.5, 0.6) is 0 Å². The molecule has 250 valence electrons. The van der Waals surface area contributed by atoms with Crippen molar-refractivity contribution in [3.05, 3.63) is 0 Å². The highest BCUT2D eigenvalue weighted by Crippen LogP contribution is 2.38. The van der Waals surface area contributed by atoms with Crippen LogP contribution in [-0.4, -0.2) is 191 Å². The van der Waals surface area contributed by atoms with Crippen molar-refractivity contribution < 1.29 is 94.6 Å². The van der Waals surface area contributed by atoms with Crippen LogP contribution in [0.2, 0.25) is 0 Å². The predicted octanol–water partition coefficient (Wildman–Crippen LogP) is -8.22. The number of carboxylic acids is 1. The minimum absolute atomic E-state index is 0.688. The molecule has 43 heavy (non-hydrogen) atoms. The maximum Gasteiger partial charge on any atom is 0.364 e. The topological polar surface area (TPSA) is 335 Å². The molecule has 0 bridgehead atoms. The van der Waals surface area contributed by atoms with E-state index in [0.29, 0.717) is 0 Å². The smallest absolute Gasteiger partial charge is 0.364 e. The first-order valence-electron chi connectivity index (χ1n) is 13.2. The molecule has 3 heterocycles. The Balaban J connectivity index is 1.92. The van der Waals surface area contributed by atoms with Gasteiger partial charge in [-0.25, -0.2) is 4.79 Å². The van der Waals surface area contributed by atoms with Gasteiger partial charge in [-0.15, -0.1) is 0 Å². The van der Waals surface area contributed by atoms with E-state index in [2.05, 4.69) is 5.32 Å². The first-order valence-corrected chi connectivity index (χ1v) is 13.2. The molecule has 1 amide bonds. The SMILES string of the molecule is CC(=O)N[C@@H]1[C@@H](O)[C@H](O[C@@H]2O[C@H](CO)[C@H](O)[C@H](O[C@]3(C(=O)O)C[C@H](O)[C@@H](O)[C@H]([C@H](O)[C@H](O)CO)O3)[C@H]2O)[C@@H](CO)O[C@H]1O. The number of hydrogen-bond acceptors (Lipinski definition) is 18. The Labute approximate surface area is 243 Å². The number of nitrogens with one attached hydrogen (secondary N) is 1. The molecule has 0 unspecified atom stereocenters. The van der Waals surface area contributed by atoms with Gasteiger partial charge in [0.15, 0.2) is 12.6 Å². The van der Waals surface area contributed by atoms with Gasteiger partial charge < -0.3 is 90.3 Å². The lowest BCUT2D eigenvalue weighted by atomic mass is 9.90. The van der Waals surface area contributed by atoms with Gasteiger partial charge in [-0.2, -0.15) is 0 Å². The molecule has 3 aliphatic rings. The molecule has 13 N–H and O–H groups in total. The van der Waals surface area contributed by atoms with Crippen molar-refractivity contribution in [2.45, 2.75) is 111 Å². The van der Waals surface area contributed by atoms with Gasteiger partial charge in [-0.3, -0.25) is 4.79 Å². The molecular weight excluding hydrogens is 594 g/mol. The van der Waals surface area contributed by atoms with E-state index in [1.54, 1.807) is 0 Å². The Morgan fingerprint density at radius 1 is 0.907 bits per heavy atom. The Kier molecular flexibility index (Phi) is 12.1. The zero-order valence-corrected chi connectivity index (χ0v) is 22.7. The number of aliphatic carboxylic acids is 1. The van der Waals surface area contributed by atoms with Gasteiger partial charge in [0.05, 0.1) is 25.9 Å². The number of carbonyl (C=O) groups is 2. The summed E-state index contributed by atoms with van der Waals surface area (Å²) in [5, 5.41) is 125. The first kappa shape index (κ1) is 35.8. The van der Waals surface area contributed by atoms with E-state index in [0.717, 1.165) is 6.92 Å².